The number of alkyl halides is 3. The summed E-state index contributed by atoms with van der Waals surface area (Å²) in [5.74, 6) is -5.38. The van der Waals surface area contributed by atoms with Gasteiger partial charge < -0.3 is 49.1 Å². The highest BCUT2D eigenvalue weighted by Crippen LogP contribution is 2.38. The Balaban J connectivity index is 2.08. The highest BCUT2D eigenvalue weighted by Gasteiger charge is 2.56. The molecule has 1 amide bonds. The van der Waals surface area contributed by atoms with Crippen LogP contribution in [0.1, 0.15) is 26.3 Å². The molecule has 1 aromatic rings. The lowest BCUT2D eigenvalue weighted by molar-refractivity contribution is -0.316. The number of carbonyl (C=O) groups excluding carboxylic acids is 4. The zero-order valence-electron chi connectivity index (χ0n) is 24.5. The minimum Gasteiger partial charge on any atom is -0.463 e. The van der Waals surface area contributed by atoms with Crippen molar-refractivity contribution in [2.45, 2.75) is 99.3 Å². The van der Waals surface area contributed by atoms with Gasteiger partial charge >= 0.3 is 30.0 Å². The molecule has 252 valence electrons. The average Bonchev–Trinajstić information content (AvgIpc) is 2.94. The van der Waals surface area contributed by atoms with E-state index in [1.807, 2.05) is 6.92 Å². The third-order valence-electron chi connectivity index (χ3n) is 6.65. The van der Waals surface area contributed by atoms with E-state index in [1.54, 1.807) is 29.6 Å². The lowest BCUT2D eigenvalue weighted by atomic mass is 9.95. The number of aryl methyl sites for hydroxylation is 1. The van der Waals surface area contributed by atoms with Gasteiger partial charge in [0.05, 0.1) is 6.61 Å². The van der Waals surface area contributed by atoms with Crippen molar-refractivity contribution >= 4 is 35.6 Å². The number of benzene rings is 1. The van der Waals surface area contributed by atoms with Crippen molar-refractivity contribution in [2.24, 2.45) is 0 Å². The van der Waals surface area contributed by atoms with Crippen LogP contribution in [0.3, 0.4) is 0 Å². The van der Waals surface area contributed by atoms with Gasteiger partial charge in [0, 0.05) is 25.7 Å². The number of thioether (sulfide) groups is 1. The van der Waals surface area contributed by atoms with Gasteiger partial charge in [0.2, 0.25) is 0 Å². The lowest BCUT2D eigenvalue weighted by Crippen LogP contribution is -2.69. The summed E-state index contributed by atoms with van der Waals surface area (Å²) in [7, 11) is 0. The predicted octanol–water partition coefficient (Wildman–Crippen LogP) is 0.110. The summed E-state index contributed by atoms with van der Waals surface area (Å²) in [6.07, 6.45) is -19.2. The molecule has 2 aliphatic heterocycles. The fraction of sp³-hybridized carbons (Fsp3) is 0.630. The van der Waals surface area contributed by atoms with Gasteiger partial charge in [0.1, 0.15) is 48.6 Å². The maximum atomic E-state index is 13.4. The zero-order chi connectivity index (χ0) is 33.6. The Hall–Kier alpha value is -3.00. The summed E-state index contributed by atoms with van der Waals surface area (Å²) in [5, 5.41) is 33.0. The number of esters is 3. The molecule has 0 spiro atoms. The van der Waals surface area contributed by atoms with E-state index in [1.165, 1.54) is 0 Å². The van der Waals surface area contributed by atoms with Crippen LogP contribution >= 0.6 is 11.8 Å². The Kier molecular flexibility index (Phi) is 12.6. The van der Waals surface area contributed by atoms with Crippen molar-refractivity contribution in [1.29, 1.82) is 0 Å². The molecule has 14 nitrogen and oxygen atoms in total. The lowest BCUT2D eigenvalue weighted by Gasteiger charge is -2.48. The number of halogens is 3. The average molecular weight is 670 g/mol. The third-order valence-corrected chi connectivity index (χ3v) is 7.80. The fourth-order valence-electron chi connectivity index (χ4n) is 4.61. The predicted molar refractivity (Wildman–Crippen MR) is 144 cm³/mol. The van der Waals surface area contributed by atoms with E-state index in [2.05, 4.69) is 0 Å². The first-order valence-corrected chi connectivity index (χ1v) is 14.4. The van der Waals surface area contributed by atoms with Crippen LogP contribution in [-0.4, -0.2) is 119 Å². The van der Waals surface area contributed by atoms with Crippen molar-refractivity contribution in [3.63, 3.8) is 0 Å². The number of aliphatic hydroxyl groups is 3. The zero-order valence-corrected chi connectivity index (χ0v) is 25.3. The molecule has 2 aliphatic rings. The second kappa shape index (κ2) is 15.5. The first-order valence-electron chi connectivity index (χ1n) is 13.5. The minimum absolute atomic E-state index is 0.575. The van der Waals surface area contributed by atoms with Gasteiger partial charge in [-0.3, -0.25) is 19.2 Å². The molecule has 0 aliphatic carbocycles. The molecule has 1 aromatic carbocycles. The van der Waals surface area contributed by atoms with Crippen LogP contribution in [0.15, 0.2) is 29.2 Å². The van der Waals surface area contributed by atoms with E-state index >= 15 is 0 Å². The Morgan fingerprint density at radius 1 is 0.889 bits per heavy atom. The molecule has 2 heterocycles. The number of ether oxygens (including phenoxy) is 6. The maximum absolute atomic E-state index is 13.4. The summed E-state index contributed by atoms with van der Waals surface area (Å²) in [5.41, 5.74) is -0.326. The molecule has 3 rings (SSSR count). The van der Waals surface area contributed by atoms with Crippen LogP contribution in [0.2, 0.25) is 0 Å². The number of rotatable bonds is 10. The summed E-state index contributed by atoms with van der Waals surface area (Å²) in [6.45, 7) is 3.33. The van der Waals surface area contributed by atoms with Gasteiger partial charge in [0.15, 0.2) is 18.5 Å². The molecule has 2 saturated heterocycles. The number of hydrogen-bond acceptors (Lipinski definition) is 14. The monoisotopic (exact) mass is 669 g/mol. The standard InChI is InChI=1S/C27H34F3NO13S/c1-11-5-7-15(8-6-11)45-25-23(20(37)19(36)16(9-32)43-25)44-24-18(31-26(38)27(28,29)30)22(41-14(4)35)21(40-13(3)34)17(42-24)10-39-12(2)33/h5-8,16-25,32,36-37H,9-10H2,1-4H3,(H,31,38)/t16-,17-,18-,19-,20+,21-,22-,23+,24+,25-/m1/s1. The summed E-state index contributed by atoms with van der Waals surface area (Å²) < 4.78 is 73.2. The Morgan fingerprint density at radius 2 is 1.49 bits per heavy atom. The van der Waals surface area contributed by atoms with Crippen LogP contribution in [0.4, 0.5) is 13.2 Å². The molecule has 0 unspecified atom stereocenters. The van der Waals surface area contributed by atoms with Crippen molar-refractivity contribution < 1.29 is 76.1 Å². The van der Waals surface area contributed by atoms with Crippen molar-refractivity contribution in [3.05, 3.63) is 29.8 Å². The molecule has 0 bridgehead atoms. The van der Waals surface area contributed by atoms with Gasteiger partial charge in [-0.05, 0) is 19.1 Å². The molecule has 0 saturated carbocycles. The SMILES string of the molecule is CC(=O)OC[C@H]1O[C@@H](O[C@H]2[C@@H](O)[C@H](O)[C@@H](CO)O[C@@H]2Sc2ccc(C)cc2)[C@H](NC(=O)C(F)(F)F)[C@@H](OC(C)=O)[C@@H]1OC(C)=O. The van der Waals surface area contributed by atoms with E-state index in [-0.39, 0.29) is 0 Å². The molecule has 2 fully saturated rings. The fourth-order valence-corrected chi connectivity index (χ4v) is 5.73. The van der Waals surface area contributed by atoms with Gasteiger partial charge in [-0.25, -0.2) is 0 Å². The molecule has 18 heteroatoms. The molecular formula is C27H34F3NO13S. The largest absolute Gasteiger partial charge is 0.471 e. The quantitative estimate of drug-likeness (QED) is 0.194. The van der Waals surface area contributed by atoms with Crippen LogP contribution < -0.4 is 5.32 Å². The second-order valence-corrected chi connectivity index (χ2v) is 11.4. The normalized spacial score (nSPS) is 31.9. The van der Waals surface area contributed by atoms with Crippen LogP contribution in [0.25, 0.3) is 0 Å². The number of hydrogen-bond donors (Lipinski definition) is 4. The number of aliphatic hydroxyl groups excluding tert-OH is 3. The smallest absolute Gasteiger partial charge is 0.463 e. The second-order valence-electron chi connectivity index (χ2n) is 10.2. The first-order chi connectivity index (χ1) is 21.0. The van der Waals surface area contributed by atoms with Crippen molar-refractivity contribution in [3.8, 4) is 0 Å². The van der Waals surface area contributed by atoms with Gasteiger partial charge in [-0.15, -0.1) is 0 Å². The minimum atomic E-state index is -5.45. The summed E-state index contributed by atoms with van der Waals surface area (Å²) in [4.78, 5) is 48.4. The van der Waals surface area contributed by atoms with E-state index in [9.17, 15) is 47.7 Å². The van der Waals surface area contributed by atoms with E-state index in [0.717, 1.165) is 38.1 Å². The molecule has 0 radical (unpaired) electrons. The maximum Gasteiger partial charge on any atom is 0.471 e. The molecule has 10 atom stereocenters. The third kappa shape index (κ3) is 9.74. The van der Waals surface area contributed by atoms with E-state index in [4.69, 9.17) is 28.4 Å². The van der Waals surface area contributed by atoms with Gasteiger partial charge in [-0.1, -0.05) is 29.5 Å². The Morgan fingerprint density at radius 3 is 2.02 bits per heavy atom. The Labute approximate surface area is 259 Å². The molecule has 45 heavy (non-hydrogen) atoms. The van der Waals surface area contributed by atoms with E-state index in [0.29, 0.717) is 4.90 Å². The molecule has 0 aromatic heterocycles. The topological polar surface area (TPSA) is 196 Å². The van der Waals surface area contributed by atoms with E-state index < -0.39 is 104 Å². The summed E-state index contributed by atoms with van der Waals surface area (Å²) >= 11 is 0.973. The van der Waals surface area contributed by atoms with Crippen molar-refractivity contribution in [1.82, 2.24) is 5.32 Å². The first kappa shape index (κ1) is 36.5. The van der Waals surface area contributed by atoms with Gasteiger partial charge in [0.25, 0.3) is 0 Å². The Bertz CT molecular complexity index is 1200. The van der Waals surface area contributed by atoms with Crippen LogP contribution in [0, 0.1) is 6.92 Å². The van der Waals surface area contributed by atoms with Gasteiger partial charge in [-0.2, -0.15) is 13.2 Å². The van der Waals surface area contributed by atoms with Crippen LogP contribution in [-0.2, 0) is 47.6 Å². The van der Waals surface area contributed by atoms with Crippen LogP contribution in [0.5, 0.6) is 0 Å². The summed E-state index contributed by atoms with van der Waals surface area (Å²) in [6, 6.07) is 4.88. The number of carbonyl (C=O) groups is 4. The molecular weight excluding hydrogens is 635 g/mol. The molecule has 4 N–H and O–H groups in total. The highest BCUT2D eigenvalue weighted by atomic mass is 32.2. The number of nitrogens with one attached hydrogen (secondary N) is 1. The number of amides is 1. The highest BCUT2D eigenvalue weighted by molar-refractivity contribution is 7.99. The van der Waals surface area contributed by atoms with Crippen molar-refractivity contribution in [2.75, 3.05) is 13.2 Å².